The van der Waals surface area contributed by atoms with Gasteiger partial charge in [-0.3, -0.25) is 9.69 Å². The van der Waals surface area contributed by atoms with Crippen LogP contribution in [0.5, 0.6) is 0 Å². The number of ether oxygens (including phenoxy) is 1. The fraction of sp³-hybridized carbons (Fsp3) is 0.667. The smallest absolute Gasteiger partial charge is 0.410 e. The SMILES string of the molecule is Cc1ocnc1NC(=O)[C@@H]1CCCCN1C(=O)OC(C)(C)C. The average Bonchev–Trinajstić information content (AvgIpc) is 2.82. The maximum Gasteiger partial charge on any atom is 0.410 e. The van der Waals surface area contributed by atoms with Gasteiger partial charge in [0, 0.05) is 6.54 Å². The Bertz CT molecular complexity index is 547. The normalized spacial score (nSPS) is 18.9. The second-order valence-electron chi connectivity index (χ2n) is 6.43. The van der Waals surface area contributed by atoms with E-state index in [0.717, 1.165) is 12.8 Å². The van der Waals surface area contributed by atoms with E-state index in [2.05, 4.69) is 10.3 Å². The lowest BCUT2D eigenvalue weighted by Gasteiger charge is -2.35. The number of piperidine rings is 1. The molecule has 0 unspecified atom stereocenters. The minimum atomic E-state index is -0.585. The molecule has 1 aromatic heterocycles. The summed E-state index contributed by atoms with van der Waals surface area (Å²) in [6.07, 6.45) is 3.20. The maximum absolute atomic E-state index is 12.5. The summed E-state index contributed by atoms with van der Waals surface area (Å²) < 4.78 is 10.5. The lowest BCUT2D eigenvalue weighted by Crippen LogP contribution is -2.51. The second-order valence-corrected chi connectivity index (χ2v) is 6.43. The van der Waals surface area contributed by atoms with E-state index in [-0.39, 0.29) is 5.91 Å². The molecule has 7 nitrogen and oxygen atoms in total. The van der Waals surface area contributed by atoms with Gasteiger partial charge in [0.25, 0.3) is 0 Å². The highest BCUT2D eigenvalue weighted by atomic mass is 16.6. The third-order valence-electron chi connectivity index (χ3n) is 3.42. The van der Waals surface area contributed by atoms with Crippen molar-refractivity contribution in [3.63, 3.8) is 0 Å². The molecule has 7 heteroatoms. The fourth-order valence-corrected chi connectivity index (χ4v) is 2.37. The van der Waals surface area contributed by atoms with E-state index in [1.807, 2.05) is 20.8 Å². The molecule has 1 fully saturated rings. The molecule has 22 heavy (non-hydrogen) atoms. The van der Waals surface area contributed by atoms with Crippen LogP contribution >= 0.6 is 0 Å². The molecular formula is C15H23N3O4. The Hall–Kier alpha value is -2.05. The Morgan fingerprint density at radius 3 is 2.73 bits per heavy atom. The molecule has 1 aromatic rings. The predicted octanol–water partition coefficient (Wildman–Crippen LogP) is 2.71. The number of anilines is 1. The van der Waals surface area contributed by atoms with E-state index in [1.165, 1.54) is 11.3 Å². The molecule has 0 radical (unpaired) electrons. The van der Waals surface area contributed by atoms with Gasteiger partial charge < -0.3 is 14.5 Å². The van der Waals surface area contributed by atoms with Gasteiger partial charge in [-0.2, -0.15) is 4.98 Å². The molecule has 2 amide bonds. The molecule has 1 N–H and O–H groups in total. The summed E-state index contributed by atoms with van der Waals surface area (Å²) in [5, 5.41) is 2.71. The third kappa shape index (κ3) is 3.99. The zero-order valence-corrected chi connectivity index (χ0v) is 13.5. The van der Waals surface area contributed by atoms with Crippen LogP contribution in [0.2, 0.25) is 0 Å². The first-order valence-corrected chi connectivity index (χ1v) is 7.48. The van der Waals surface area contributed by atoms with E-state index in [9.17, 15) is 9.59 Å². The van der Waals surface area contributed by atoms with Crippen LogP contribution in [0.3, 0.4) is 0 Å². The highest BCUT2D eigenvalue weighted by Gasteiger charge is 2.35. The summed E-state index contributed by atoms with van der Waals surface area (Å²) in [7, 11) is 0. The number of oxazole rings is 1. The van der Waals surface area contributed by atoms with Crippen molar-refractivity contribution >= 4 is 17.8 Å². The van der Waals surface area contributed by atoms with E-state index in [0.29, 0.717) is 24.5 Å². The molecule has 1 atom stereocenters. The second kappa shape index (κ2) is 6.37. The Morgan fingerprint density at radius 1 is 1.41 bits per heavy atom. The van der Waals surface area contributed by atoms with Crippen molar-refractivity contribution in [3.8, 4) is 0 Å². The van der Waals surface area contributed by atoms with Crippen LogP contribution < -0.4 is 5.32 Å². The largest absolute Gasteiger partial charge is 0.446 e. The molecule has 2 rings (SSSR count). The average molecular weight is 309 g/mol. The first-order chi connectivity index (χ1) is 10.3. The Kier molecular flexibility index (Phi) is 4.73. The van der Waals surface area contributed by atoms with Gasteiger partial charge in [-0.15, -0.1) is 0 Å². The van der Waals surface area contributed by atoms with E-state index >= 15 is 0 Å². The summed E-state index contributed by atoms with van der Waals surface area (Å²) >= 11 is 0. The monoisotopic (exact) mass is 309 g/mol. The lowest BCUT2D eigenvalue weighted by molar-refractivity contribution is -0.122. The van der Waals surface area contributed by atoms with Gasteiger partial charge in [-0.05, 0) is 47.0 Å². The van der Waals surface area contributed by atoms with Crippen molar-refractivity contribution < 1.29 is 18.7 Å². The molecular weight excluding hydrogens is 286 g/mol. The van der Waals surface area contributed by atoms with E-state index in [1.54, 1.807) is 6.92 Å². The number of carbonyl (C=O) groups is 2. The summed E-state index contributed by atoms with van der Waals surface area (Å²) in [5.41, 5.74) is -0.585. The zero-order chi connectivity index (χ0) is 16.3. The first kappa shape index (κ1) is 16.3. The summed E-state index contributed by atoms with van der Waals surface area (Å²) in [6, 6.07) is -0.542. The quantitative estimate of drug-likeness (QED) is 0.908. The van der Waals surface area contributed by atoms with Crippen LogP contribution in [0.25, 0.3) is 0 Å². The molecule has 0 saturated carbocycles. The Balaban J connectivity index is 2.07. The maximum atomic E-state index is 12.5. The van der Waals surface area contributed by atoms with Gasteiger partial charge in [-0.1, -0.05) is 0 Å². The number of amides is 2. The summed E-state index contributed by atoms with van der Waals surface area (Å²) in [4.78, 5) is 30.2. The summed E-state index contributed by atoms with van der Waals surface area (Å²) in [6.45, 7) is 7.66. The highest BCUT2D eigenvalue weighted by Crippen LogP contribution is 2.22. The van der Waals surface area contributed by atoms with Gasteiger partial charge in [0.05, 0.1) is 0 Å². The van der Waals surface area contributed by atoms with Crippen LogP contribution in [0.15, 0.2) is 10.8 Å². The number of hydrogen-bond acceptors (Lipinski definition) is 5. The van der Waals surface area contributed by atoms with Crippen LogP contribution in [-0.4, -0.2) is 40.1 Å². The molecule has 0 spiro atoms. The number of carbonyl (C=O) groups excluding carboxylic acids is 2. The van der Waals surface area contributed by atoms with E-state index < -0.39 is 17.7 Å². The number of likely N-dealkylation sites (tertiary alicyclic amines) is 1. The topological polar surface area (TPSA) is 84.7 Å². The van der Waals surface area contributed by atoms with Gasteiger partial charge in [0.1, 0.15) is 17.4 Å². The number of rotatable bonds is 2. The minimum absolute atomic E-state index is 0.262. The van der Waals surface area contributed by atoms with Gasteiger partial charge in [0.2, 0.25) is 5.91 Å². The van der Waals surface area contributed by atoms with Gasteiger partial charge in [-0.25, -0.2) is 4.79 Å². The number of nitrogens with one attached hydrogen (secondary N) is 1. The predicted molar refractivity (Wildman–Crippen MR) is 80.4 cm³/mol. The van der Waals surface area contributed by atoms with Gasteiger partial charge in [0.15, 0.2) is 12.2 Å². The molecule has 0 bridgehead atoms. The number of aryl methyl sites for hydroxylation is 1. The number of aromatic nitrogens is 1. The van der Waals surface area contributed by atoms with Crippen LogP contribution in [0, 0.1) is 6.92 Å². The third-order valence-corrected chi connectivity index (χ3v) is 3.42. The van der Waals surface area contributed by atoms with Crippen molar-refractivity contribution in [2.45, 2.75) is 58.6 Å². The van der Waals surface area contributed by atoms with Gasteiger partial charge >= 0.3 is 6.09 Å². The lowest BCUT2D eigenvalue weighted by atomic mass is 10.0. The Labute approximate surface area is 130 Å². The molecule has 1 aliphatic rings. The zero-order valence-electron chi connectivity index (χ0n) is 13.5. The van der Waals surface area contributed by atoms with Crippen LogP contribution in [-0.2, 0) is 9.53 Å². The van der Waals surface area contributed by atoms with Crippen molar-refractivity contribution in [2.24, 2.45) is 0 Å². The van der Waals surface area contributed by atoms with Crippen molar-refractivity contribution in [2.75, 3.05) is 11.9 Å². The fourth-order valence-electron chi connectivity index (χ4n) is 2.37. The van der Waals surface area contributed by atoms with Crippen LogP contribution in [0.1, 0.15) is 45.8 Å². The molecule has 1 saturated heterocycles. The number of nitrogens with zero attached hydrogens (tertiary/aromatic N) is 2. The molecule has 0 aromatic carbocycles. The molecule has 0 aliphatic carbocycles. The van der Waals surface area contributed by atoms with Crippen molar-refractivity contribution in [1.29, 1.82) is 0 Å². The van der Waals surface area contributed by atoms with Crippen LogP contribution in [0.4, 0.5) is 10.6 Å². The minimum Gasteiger partial charge on any atom is -0.446 e. The van der Waals surface area contributed by atoms with Crippen molar-refractivity contribution in [3.05, 3.63) is 12.2 Å². The van der Waals surface area contributed by atoms with Crippen molar-refractivity contribution in [1.82, 2.24) is 9.88 Å². The highest BCUT2D eigenvalue weighted by molar-refractivity contribution is 5.96. The molecule has 2 heterocycles. The standard InChI is InChI=1S/C15H23N3O4/c1-10-12(16-9-21-10)17-13(19)11-7-5-6-8-18(11)14(20)22-15(2,3)4/h9,11H,5-8H2,1-4H3,(H,17,19)/t11-/m0/s1. The Morgan fingerprint density at radius 2 is 2.14 bits per heavy atom. The first-order valence-electron chi connectivity index (χ1n) is 7.48. The summed E-state index contributed by atoms with van der Waals surface area (Å²) in [5.74, 6) is 0.662. The number of hydrogen-bond donors (Lipinski definition) is 1. The molecule has 122 valence electrons. The molecule has 1 aliphatic heterocycles. The van der Waals surface area contributed by atoms with E-state index in [4.69, 9.17) is 9.15 Å².